The SMILES string of the molecule is COc1cc(OC)c2c(c1)OC1(c3ccc(OC)c(OC4OC(C)C(O)C(OC)C4O)c3)C(c3ccccc3)CC(O)C21O. The molecule has 11 nitrogen and oxygen atoms in total. The average Bonchev–Trinajstić information content (AvgIpc) is 3.44. The zero-order chi connectivity index (χ0) is 31.4. The Kier molecular flexibility index (Phi) is 7.89. The lowest BCUT2D eigenvalue weighted by atomic mass is 9.71. The fourth-order valence-electron chi connectivity index (χ4n) is 7.08. The fourth-order valence-corrected chi connectivity index (χ4v) is 7.08. The van der Waals surface area contributed by atoms with E-state index in [0.717, 1.165) is 5.56 Å². The highest BCUT2D eigenvalue weighted by atomic mass is 16.7. The van der Waals surface area contributed by atoms with E-state index < -0.39 is 53.9 Å². The van der Waals surface area contributed by atoms with E-state index in [-0.39, 0.29) is 12.2 Å². The Morgan fingerprint density at radius 2 is 1.55 bits per heavy atom. The highest BCUT2D eigenvalue weighted by Crippen LogP contribution is 2.68. The normalized spacial score (nSPS) is 34.1. The summed E-state index contributed by atoms with van der Waals surface area (Å²) >= 11 is 0. The summed E-state index contributed by atoms with van der Waals surface area (Å²) in [6.07, 6.45) is -6.35. The predicted octanol–water partition coefficient (Wildman–Crippen LogP) is 2.60. The number of aliphatic hydroxyl groups is 4. The van der Waals surface area contributed by atoms with Crippen LogP contribution in [0, 0.1) is 0 Å². The topological polar surface area (TPSA) is 146 Å². The van der Waals surface area contributed by atoms with E-state index in [4.69, 9.17) is 33.2 Å². The largest absolute Gasteiger partial charge is 0.496 e. The van der Waals surface area contributed by atoms with Crippen molar-refractivity contribution in [2.75, 3.05) is 28.4 Å². The van der Waals surface area contributed by atoms with Gasteiger partial charge in [-0.2, -0.15) is 0 Å². The van der Waals surface area contributed by atoms with Crippen molar-refractivity contribution in [3.63, 3.8) is 0 Å². The van der Waals surface area contributed by atoms with Crippen LogP contribution < -0.4 is 23.7 Å². The molecule has 9 unspecified atom stereocenters. The molecule has 3 aliphatic rings. The lowest BCUT2D eigenvalue weighted by Crippen LogP contribution is -2.59. The van der Waals surface area contributed by atoms with Gasteiger partial charge in [0.2, 0.25) is 6.29 Å². The first kappa shape index (κ1) is 30.4. The highest BCUT2D eigenvalue weighted by molar-refractivity contribution is 5.63. The summed E-state index contributed by atoms with van der Waals surface area (Å²) < 4.78 is 41.0. The summed E-state index contributed by atoms with van der Waals surface area (Å²) in [7, 11) is 5.87. The number of fused-ring (bicyclic) bond motifs is 3. The molecule has 2 fully saturated rings. The number of methoxy groups -OCH3 is 4. The third-order valence-corrected chi connectivity index (χ3v) is 9.24. The summed E-state index contributed by atoms with van der Waals surface area (Å²) in [5.41, 5.74) is -1.91. The van der Waals surface area contributed by atoms with E-state index in [2.05, 4.69) is 0 Å². The van der Waals surface area contributed by atoms with Crippen molar-refractivity contribution in [3.05, 3.63) is 77.4 Å². The molecular formula is C33H38O11. The van der Waals surface area contributed by atoms with Gasteiger partial charge in [-0.1, -0.05) is 36.4 Å². The van der Waals surface area contributed by atoms with Crippen LogP contribution in [0.5, 0.6) is 28.7 Å². The second-order valence-corrected chi connectivity index (χ2v) is 11.4. The maximum absolute atomic E-state index is 12.8. The molecule has 0 bridgehead atoms. The quantitative estimate of drug-likeness (QED) is 0.299. The zero-order valence-corrected chi connectivity index (χ0v) is 25.2. The number of hydrogen-bond donors (Lipinski definition) is 4. The van der Waals surface area contributed by atoms with Crippen LogP contribution in [0.1, 0.15) is 36.0 Å². The van der Waals surface area contributed by atoms with Gasteiger partial charge < -0.3 is 53.6 Å². The van der Waals surface area contributed by atoms with Gasteiger partial charge in [-0.05, 0) is 31.0 Å². The molecule has 1 aliphatic carbocycles. The van der Waals surface area contributed by atoms with Crippen LogP contribution >= 0.6 is 0 Å². The van der Waals surface area contributed by atoms with Crippen LogP contribution in [-0.2, 0) is 20.7 Å². The van der Waals surface area contributed by atoms with Gasteiger partial charge in [0.05, 0.1) is 39.1 Å². The first-order valence-electron chi connectivity index (χ1n) is 14.4. The Labute approximate surface area is 255 Å². The number of benzene rings is 3. The summed E-state index contributed by atoms with van der Waals surface area (Å²) in [5.74, 6) is 1.04. The second-order valence-electron chi connectivity index (χ2n) is 11.4. The molecule has 0 amide bonds. The molecule has 11 heteroatoms. The molecular weight excluding hydrogens is 572 g/mol. The lowest BCUT2D eigenvalue weighted by molar-refractivity contribution is -0.273. The molecule has 0 spiro atoms. The molecule has 3 aromatic carbocycles. The van der Waals surface area contributed by atoms with Crippen LogP contribution in [0.3, 0.4) is 0 Å². The smallest absolute Gasteiger partial charge is 0.229 e. The van der Waals surface area contributed by atoms with Gasteiger partial charge in [0.1, 0.15) is 35.6 Å². The minimum Gasteiger partial charge on any atom is -0.496 e. The van der Waals surface area contributed by atoms with Gasteiger partial charge in [0.15, 0.2) is 22.7 Å². The Morgan fingerprint density at radius 3 is 2.20 bits per heavy atom. The molecule has 236 valence electrons. The molecule has 6 rings (SSSR count). The van der Waals surface area contributed by atoms with E-state index in [1.807, 2.05) is 30.3 Å². The standard InChI is InChI=1S/C33H38O11/c1-17-28(35)30(41-5)29(36)31(42-17)43-23-13-19(11-12-22(23)39-3)33-21(18-9-7-6-8-10-18)16-26(34)32(33,37)27-24(40-4)14-20(38-2)15-25(27)44-33/h6-15,17,21,26,28-31,34-37H,16H2,1-5H3. The van der Waals surface area contributed by atoms with Crippen molar-refractivity contribution < 1.29 is 53.6 Å². The Bertz CT molecular complexity index is 1500. The Hall–Kier alpha value is -3.58. The van der Waals surface area contributed by atoms with Crippen molar-refractivity contribution >= 4 is 0 Å². The molecule has 2 heterocycles. The maximum Gasteiger partial charge on any atom is 0.229 e. The molecule has 2 aliphatic heterocycles. The molecule has 0 radical (unpaired) electrons. The monoisotopic (exact) mass is 610 g/mol. The van der Waals surface area contributed by atoms with Crippen LogP contribution in [0.2, 0.25) is 0 Å². The molecule has 44 heavy (non-hydrogen) atoms. The van der Waals surface area contributed by atoms with Crippen molar-refractivity contribution in [3.8, 4) is 28.7 Å². The number of rotatable bonds is 8. The summed E-state index contributed by atoms with van der Waals surface area (Å²) in [6.45, 7) is 1.65. The van der Waals surface area contributed by atoms with Crippen molar-refractivity contribution in [2.45, 2.75) is 67.3 Å². The van der Waals surface area contributed by atoms with E-state index in [9.17, 15) is 20.4 Å². The van der Waals surface area contributed by atoms with Gasteiger partial charge in [0, 0.05) is 30.7 Å². The van der Waals surface area contributed by atoms with Crippen molar-refractivity contribution in [1.29, 1.82) is 0 Å². The van der Waals surface area contributed by atoms with Crippen LogP contribution in [0.4, 0.5) is 0 Å². The Morgan fingerprint density at radius 1 is 0.818 bits per heavy atom. The number of aliphatic hydroxyl groups excluding tert-OH is 3. The highest BCUT2D eigenvalue weighted by Gasteiger charge is 2.73. The fraction of sp³-hybridized carbons (Fsp3) is 0.455. The van der Waals surface area contributed by atoms with Gasteiger partial charge >= 0.3 is 0 Å². The third-order valence-electron chi connectivity index (χ3n) is 9.24. The second kappa shape index (κ2) is 11.4. The summed E-state index contributed by atoms with van der Waals surface area (Å²) in [4.78, 5) is 0. The lowest BCUT2D eigenvalue weighted by Gasteiger charge is -2.42. The van der Waals surface area contributed by atoms with Crippen molar-refractivity contribution in [1.82, 2.24) is 0 Å². The van der Waals surface area contributed by atoms with Gasteiger partial charge in [0.25, 0.3) is 0 Å². The Balaban J connectivity index is 1.53. The maximum atomic E-state index is 12.8. The van der Waals surface area contributed by atoms with E-state index in [1.165, 1.54) is 28.4 Å². The molecule has 4 N–H and O–H groups in total. The molecule has 3 aromatic rings. The van der Waals surface area contributed by atoms with Gasteiger partial charge in [-0.15, -0.1) is 0 Å². The van der Waals surface area contributed by atoms with E-state index in [0.29, 0.717) is 34.1 Å². The third kappa shape index (κ3) is 4.33. The van der Waals surface area contributed by atoms with Crippen LogP contribution in [-0.4, -0.2) is 85.7 Å². The minimum absolute atomic E-state index is 0.173. The first-order chi connectivity index (χ1) is 21.1. The minimum atomic E-state index is -1.97. The first-order valence-corrected chi connectivity index (χ1v) is 14.4. The molecule has 1 saturated carbocycles. The van der Waals surface area contributed by atoms with E-state index in [1.54, 1.807) is 37.3 Å². The number of hydrogen-bond acceptors (Lipinski definition) is 11. The summed E-state index contributed by atoms with van der Waals surface area (Å²) in [6, 6.07) is 17.9. The van der Waals surface area contributed by atoms with Gasteiger partial charge in [-0.25, -0.2) is 0 Å². The van der Waals surface area contributed by atoms with Crippen molar-refractivity contribution in [2.24, 2.45) is 0 Å². The summed E-state index contributed by atoms with van der Waals surface area (Å²) in [5, 5.41) is 45.9. The predicted molar refractivity (Wildman–Crippen MR) is 156 cm³/mol. The van der Waals surface area contributed by atoms with Gasteiger partial charge in [-0.3, -0.25) is 0 Å². The van der Waals surface area contributed by atoms with Crippen LogP contribution in [0.25, 0.3) is 0 Å². The molecule has 9 atom stereocenters. The zero-order valence-electron chi connectivity index (χ0n) is 25.2. The number of ether oxygens (including phenoxy) is 7. The molecule has 1 saturated heterocycles. The average molecular weight is 611 g/mol. The van der Waals surface area contributed by atoms with E-state index >= 15 is 0 Å². The van der Waals surface area contributed by atoms with Crippen LogP contribution in [0.15, 0.2) is 60.7 Å². The molecule has 0 aromatic heterocycles.